The van der Waals surface area contributed by atoms with Gasteiger partial charge in [0.1, 0.15) is 0 Å². The number of benzene rings is 1. The van der Waals surface area contributed by atoms with Crippen molar-refractivity contribution in [3.8, 4) is 0 Å². The van der Waals surface area contributed by atoms with Crippen molar-refractivity contribution in [1.29, 1.82) is 0 Å². The van der Waals surface area contributed by atoms with Crippen LogP contribution >= 0.6 is 0 Å². The molecule has 0 heterocycles. The molecule has 1 aromatic carbocycles. The van der Waals surface area contributed by atoms with Gasteiger partial charge < -0.3 is 10.1 Å². The third-order valence-electron chi connectivity index (χ3n) is 4.32. The molecule has 0 aliphatic carbocycles. The van der Waals surface area contributed by atoms with Crippen LogP contribution in [0.25, 0.3) is 0 Å². The number of rotatable bonds is 12. The molecule has 3 amide bonds. The van der Waals surface area contributed by atoms with Gasteiger partial charge in [-0.05, 0) is 30.5 Å². The SMILES string of the molecule is CCCCNC(=O)NC(=O)COC(=O)CCc1ccc(S(=O)(=O)N(CC)CC)cc1. The number of hydrogen-bond acceptors (Lipinski definition) is 6. The summed E-state index contributed by atoms with van der Waals surface area (Å²) in [5.74, 6) is -1.29. The number of aryl methyl sites for hydroxylation is 1. The number of nitrogens with one attached hydrogen (secondary N) is 2. The van der Waals surface area contributed by atoms with Gasteiger partial charge in [0.2, 0.25) is 10.0 Å². The second-order valence-corrected chi connectivity index (χ2v) is 8.49. The van der Waals surface area contributed by atoms with Crippen LogP contribution in [0.5, 0.6) is 0 Å². The van der Waals surface area contributed by atoms with Crippen molar-refractivity contribution >= 4 is 27.9 Å². The van der Waals surface area contributed by atoms with Gasteiger partial charge in [0.25, 0.3) is 5.91 Å². The molecule has 0 radical (unpaired) electrons. The number of esters is 1. The molecule has 0 aromatic heterocycles. The van der Waals surface area contributed by atoms with E-state index in [1.807, 2.05) is 6.92 Å². The first-order valence-corrected chi connectivity index (χ1v) is 11.5. The van der Waals surface area contributed by atoms with Gasteiger partial charge in [-0.15, -0.1) is 0 Å². The average molecular weight is 442 g/mol. The Labute approximate surface area is 178 Å². The number of imide groups is 1. The Kier molecular flexibility index (Phi) is 11.1. The first-order chi connectivity index (χ1) is 14.2. The molecule has 30 heavy (non-hydrogen) atoms. The summed E-state index contributed by atoms with van der Waals surface area (Å²) in [4.78, 5) is 35.0. The predicted octanol–water partition coefficient (Wildman–Crippen LogP) is 1.82. The van der Waals surface area contributed by atoms with Crippen LogP contribution in [0, 0.1) is 0 Å². The van der Waals surface area contributed by atoms with Gasteiger partial charge in [0.15, 0.2) is 6.61 Å². The standard InChI is InChI=1S/C20H31N3O6S/c1-4-7-14-21-20(26)22-18(24)15-29-19(25)13-10-16-8-11-17(12-9-16)30(27,28)23(5-2)6-3/h8-9,11-12H,4-7,10,13-15H2,1-3H3,(H2,21,22,24,26). The summed E-state index contributed by atoms with van der Waals surface area (Å²) >= 11 is 0. The van der Waals surface area contributed by atoms with Gasteiger partial charge >= 0.3 is 12.0 Å². The summed E-state index contributed by atoms with van der Waals surface area (Å²) in [5.41, 5.74) is 0.769. The highest BCUT2D eigenvalue weighted by atomic mass is 32.2. The van der Waals surface area contributed by atoms with Gasteiger partial charge in [-0.1, -0.05) is 39.3 Å². The summed E-state index contributed by atoms with van der Waals surface area (Å²) in [6, 6.07) is 5.70. The minimum absolute atomic E-state index is 0.0259. The van der Waals surface area contributed by atoms with Crippen LogP contribution in [-0.4, -0.2) is 56.9 Å². The van der Waals surface area contributed by atoms with Crippen molar-refractivity contribution in [2.24, 2.45) is 0 Å². The topological polar surface area (TPSA) is 122 Å². The average Bonchev–Trinajstić information content (AvgIpc) is 2.72. The van der Waals surface area contributed by atoms with E-state index in [4.69, 9.17) is 4.74 Å². The minimum Gasteiger partial charge on any atom is -0.456 e. The first-order valence-electron chi connectivity index (χ1n) is 10.1. The van der Waals surface area contributed by atoms with Crippen LogP contribution < -0.4 is 10.6 Å². The van der Waals surface area contributed by atoms with Crippen LogP contribution in [0.1, 0.15) is 45.6 Å². The maximum atomic E-state index is 12.5. The van der Waals surface area contributed by atoms with E-state index in [0.29, 0.717) is 26.1 Å². The summed E-state index contributed by atoms with van der Waals surface area (Å²) in [7, 11) is -3.52. The van der Waals surface area contributed by atoms with Crippen molar-refractivity contribution in [2.45, 2.75) is 51.3 Å². The molecule has 168 valence electrons. The zero-order valence-corrected chi connectivity index (χ0v) is 18.6. The zero-order chi connectivity index (χ0) is 22.6. The number of sulfonamides is 1. The van der Waals surface area contributed by atoms with Crippen molar-refractivity contribution in [3.63, 3.8) is 0 Å². The van der Waals surface area contributed by atoms with E-state index < -0.39 is 34.5 Å². The lowest BCUT2D eigenvalue weighted by molar-refractivity contribution is -0.148. The molecular formula is C20H31N3O6S. The fourth-order valence-electron chi connectivity index (χ4n) is 2.59. The first kappa shape index (κ1) is 25.6. The second-order valence-electron chi connectivity index (χ2n) is 6.55. The highest BCUT2D eigenvalue weighted by Gasteiger charge is 2.21. The van der Waals surface area contributed by atoms with Crippen molar-refractivity contribution in [2.75, 3.05) is 26.2 Å². The van der Waals surface area contributed by atoms with Gasteiger partial charge in [0, 0.05) is 26.1 Å². The largest absolute Gasteiger partial charge is 0.456 e. The molecule has 0 atom stereocenters. The van der Waals surface area contributed by atoms with Crippen LogP contribution in [0.3, 0.4) is 0 Å². The Hall–Kier alpha value is -2.46. The highest BCUT2D eigenvalue weighted by Crippen LogP contribution is 2.17. The fraction of sp³-hybridized carbons (Fsp3) is 0.550. The number of carbonyl (C=O) groups is 3. The molecule has 0 saturated carbocycles. The second kappa shape index (κ2) is 13.0. The van der Waals surface area contributed by atoms with Crippen LogP contribution in [0.2, 0.25) is 0 Å². The molecule has 10 heteroatoms. The van der Waals surface area contributed by atoms with Crippen LogP contribution in [0.15, 0.2) is 29.2 Å². The van der Waals surface area contributed by atoms with Crippen molar-refractivity contribution in [3.05, 3.63) is 29.8 Å². The lowest BCUT2D eigenvalue weighted by atomic mass is 10.1. The number of unbranched alkanes of at least 4 members (excludes halogenated alkanes) is 1. The molecule has 1 aromatic rings. The molecule has 0 aliphatic heterocycles. The summed E-state index contributed by atoms with van der Waals surface area (Å²) < 4.78 is 31.1. The van der Waals surface area contributed by atoms with Crippen molar-refractivity contribution in [1.82, 2.24) is 14.9 Å². The fourth-order valence-corrected chi connectivity index (χ4v) is 4.05. The summed E-state index contributed by atoms with van der Waals surface area (Å²) in [6.07, 6.45) is 2.08. The van der Waals surface area contributed by atoms with E-state index in [-0.39, 0.29) is 11.3 Å². The zero-order valence-electron chi connectivity index (χ0n) is 17.8. The molecule has 0 spiro atoms. The Morgan fingerprint density at radius 3 is 2.23 bits per heavy atom. The van der Waals surface area contributed by atoms with Gasteiger partial charge in [0.05, 0.1) is 4.90 Å². The minimum atomic E-state index is -3.52. The van der Waals surface area contributed by atoms with Crippen LogP contribution in [-0.2, 0) is 30.8 Å². The quantitative estimate of drug-likeness (QED) is 0.377. The number of carbonyl (C=O) groups excluding carboxylic acids is 3. The number of hydrogen-bond donors (Lipinski definition) is 2. The normalized spacial score (nSPS) is 11.2. The third kappa shape index (κ3) is 8.50. The van der Waals surface area contributed by atoms with E-state index in [1.54, 1.807) is 26.0 Å². The third-order valence-corrected chi connectivity index (χ3v) is 6.38. The Morgan fingerprint density at radius 1 is 1.03 bits per heavy atom. The molecule has 1 rings (SSSR count). The molecule has 0 bridgehead atoms. The van der Waals surface area contributed by atoms with Gasteiger partial charge in [-0.25, -0.2) is 13.2 Å². The molecule has 0 saturated heterocycles. The van der Waals surface area contributed by atoms with E-state index in [0.717, 1.165) is 18.4 Å². The van der Waals surface area contributed by atoms with Crippen molar-refractivity contribution < 1.29 is 27.5 Å². The molecule has 0 fully saturated rings. The molecular weight excluding hydrogens is 410 g/mol. The number of amides is 3. The molecule has 0 unspecified atom stereocenters. The van der Waals surface area contributed by atoms with Crippen LogP contribution in [0.4, 0.5) is 4.79 Å². The molecule has 0 aliphatic rings. The van der Waals surface area contributed by atoms with E-state index in [9.17, 15) is 22.8 Å². The summed E-state index contributed by atoms with van der Waals surface area (Å²) in [6.45, 7) is 6.24. The van der Waals surface area contributed by atoms with Gasteiger partial charge in [-0.2, -0.15) is 4.31 Å². The Morgan fingerprint density at radius 2 is 1.67 bits per heavy atom. The lowest BCUT2D eigenvalue weighted by Crippen LogP contribution is -2.41. The van der Waals surface area contributed by atoms with E-state index in [2.05, 4.69) is 10.6 Å². The molecule has 9 nitrogen and oxygen atoms in total. The Bertz CT molecular complexity index is 804. The highest BCUT2D eigenvalue weighted by molar-refractivity contribution is 7.89. The summed E-state index contributed by atoms with van der Waals surface area (Å²) in [5, 5.41) is 4.60. The Balaban J connectivity index is 2.43. The maximum absolute atomic E-state index is 12.5. The van der Waals surface area contributed by atoms with Gasteiger partial charge in [-0.3, -0.25) is 14.9 Å². The molecule has 2 N–H and O–H groups in total. The lowest BCUT2D eigenvalue weighted by Gasteiger charge is -2.18. The monoisotopic (exact) mass is 441 g/mol. The van der Waals surface area contributed by atoms with E-state index in [1.165, 1.54) is 16.4 Å². The maximum Gasteiger partial charge on any atom is 0.321 e. The number of nitrogens with zero attached hydrogens (tertiary/aromatic N) is 1. The number of ether oxygens (including phenoxy) is 1. The number of urea groups is 1. The van der Waals surface area contributed by atoms with E-state index >= 15 is 0 Å². The predicted molar refractivity (Wildman–Crippen MR) is 112 cm³/mol. The smallest absolute Gasteiger partial charge is 0.321 e.